The molecule has 3 heterocycles. The molecule has 38 heavy (non-hydrogen) atoms. The van der Waals surface area contributed by atoms with Gasteiger partial charge < -0.3 is 20.7 Å². The van der Waals surface area contributed by atoms with Gasteiger partial charge in [-0.25, -0.2) is 23.8 Å². The van der Waals surface area contributed by atoms with Gasteiger partial charge in [-0.15, -0.1) is 0 Å². The predicted octanol–water partition coefficient (Wildman–Crippen LogP) is 4.14. The van der Waals surface area contributed by atoms with Crippen LogP contribution in [0.15, 0.2) is 35.1 Å². The lowest BCUT2D eigenvalue weighted by molar-refractivity contribution is -0.165. The van der Waals surface area contributed by atoms with E-state index in [-0.39, 0.29) is 42.0 Å². The number of carbonyl (C=O) groups is 1. The molecule has 2 aliphatic carbocycles. The number of nitrogens with one attached hydrogen (secondary N) is 2. The van der Waals surface area contributed by atoms with Crippen LogP contribution >= 0.6 is 0 Å². The highest BCUT2D eigenvalue weighted by Gasteiger charge is 2.66. The Morgan fingerprint density at radius 3 is 2.61 bits per heavy atom. The lowest BCUT2D eigenvalue weighted by atomic mass is 9.90. The number of aliphatic hydroxyl groups excluding tert-OH is 1. The molecule has 11 nitrogen and oxygen atoms in total. The Balaban J connectivity index is 1.21. The largest absolute Gasteiger partial charge is 0.401 e. The highest BCUT2D eigenvalue weighted by Crippen LogP contribution is 2.59. The average molecular weight is 532 g/mol. The SMILES string of the molecule is Nc1ncnc2c1c(-c1ccc(NC(=O)Nc3cc(C4(C(F)(F)F)CC4)on3)c(F)c1)nn2C1CC(O)C1. The molecule has 0 radical (unpaired) electrons. The summed E-state index contributed by atoms with van der Waals surface area (Å²) in [6, 6.07) is 3.96. The van der Waals surface area contributed by atoms with Crippen molar-refractivity contribution in [1.29, 1.82) is 0 Å². The molecule has 198 valence electrons. The number of rotatable bonds is 5. The number of benzene rings is 1. The summed E-state index contributed by atoms with van der Waals surface area (Å²) in [5.74, 6) is -1.27. The zero-order chi connectivity index (χ0) is 26.8. The van der Waals surface area contributed by atoms with Crippen LogP contribution in [0.5, 0.6) is 0 Å². The summed E-state index contributed by atoms with van der Waals surface area (Å²) in [6.45, 7) is 0. The number of fused-ring (bicyclic) bond motifs is 1. The van der Waals surface area contributed by atoms with Gasteiger partial charge >= 0.3 is 12.2 Å². The first-order valence-electron chi connectivity index (χ1n) is 11.6. The van der Waals surface area contributed by atoms with Crippen LogP contribution in [0.2, 0.25) is 0 Å². The third-order valence-electron chi connectivity index (χ3n) is 6.96. The van der Waals surface area contributed by atoms with Crippen molar-refractivity contribution < 1.29 is 32.0 Å². The van der Waals surface area contributed by atoms with Gasteiger partial charge in [0.25, 0.3) is 0 Å². The Kier molecular flexibility index (Phi) is 5.31. The summed E-state index contributed by atoms with van der Waals surface area (Å²) in [4.78, 5) is 20.6. The molecule has 2 amide bonds. The van der Waals surface area contributed by atoms with Gasteiger partial charge in [0.1, 0.15) is 29.1 Å². The van der Waals surface area contributed by atoms with E-state index in [1.807, 2.05) is 0 Å². The maximum atomic E-state index is 15.0. The molecule has 6 rings (SSSR count). The summed E-state index contributed by atoms with van der Waals surface area (Å²) >= 11 is 0. The first-order valence-corrected chi connectivity index (χ1v) is 11.6. The second-order valence-electron chi connectivity index (χ2n) is 9.46. The van der Waals surface area contributed by atoms with Crippen molar-refractivity contribution in [3.05, 3.63) is 42.2 Å². The van der Waals surface area contributed by atoms with Gasteiger partial charge in [-0.2, -0.15) is 18.3 Å². The van der Waals surface area contributed by atoms with Crippen molar-refractivity contribution in [1.82, 2.24) is 24.9 Å². The fourth-order valence-corrected chi connectivity index (χ4v) is 4.60. The Hall–Kier alpha value is -4.27. The third kappa shape index (κ3) is 3.89. The molecule has 2 fully saturated rings. The highest BCUT2D eigenvalue weighted by atomic mass is 19.4. The first kappa shape index (κ1) is 24.1. The van der Waals surface area contributed by atoms with Crippen LogP contribution in [-0.4, -0.2) is 48.3 Å². The number of aliphatic hydroxyl groups is 1. The van der Waals surface area contributed by atoms with E-state index in [4.69, 9.17) is 10.3 Å². The number of amides is 2. The number of urea groups is 1. The number of nitrogens with zero attached hydrogens (tertiary/aromatic N) is 5. The molecule has 2 aliphatic rings. The van der Waals surface area contributed by atoms with Crippen LogP contribution in [0.4, 0.5) is 39.7 Å². The molecule has 15 heteroatoms. The molecule has 3 aromatic heterocycles. The number of hydrogen-bond acceptors (Lipinski definition) is 8. The number of aromatic nitrogens is 5. The highest BCUT2D eigenvalue weighted by molar-refractivity contribution is 6.00. The second kappa shape index (κ2) is 8.37. The number of anilines is 3. The number of hydrogen-bond donors (Lipinski definition) is 4. The van der Waals surface area contributed by atoms with E-state index >= 15 is 0 Å². The molecule has 0 spiro atoms. The molecule has 0 bridgehead atoms. The maximum absolute atomic E-state index is 15.0. The number of carbonyl (C=O) groups excluding carboxylic acids is 1. The number of nitrogen functional groups attached to an aromatic ring is 1. The van der Waals surface area contributed by atoms with Gasteiger partial charge in [0, 0.05) is 11.6 Å². The van der Waals surface area contributed by atoms with E-state index in [1.54, 1.807) is 4.68 Å². The first-order chi connectivity index (χ1) is 18.1. The molecule has 0 saturated heterocycles. The molecule has 2 saturated carbocycles. The van der Waals surface area contributed by atoms with Gasteiger partial charge in [-0.3, -0.25) is 5.32 Å². The summed E-state index contributed by atoms with van der Waals surface area (Å²) in [7, 11) is 0. The van der Waals surface area contributed by atoms with Crippen LogP contribution in [0, 0.1) is 5.82 Å². The number of nitrogens with two attached hydrogens (primary N) is 1. The summed E-state index contributed by atoms with van der Waals surface area (Å²) in [6.07, 6.45) is -2.88. The van der Waals surface area contributed by atoms with Crippen molar-refractivity contribution in [2.45, 2.75) is 49.4 Å². The van der Waals surface area contributed by atoms with Crippen molar-refractivity contribution in [3.8, 4) is 11.3 Å². The fourth-order valence-electron chi connectivity index (χ4n) is 4.60. The Labute approximate surface area is 211 Å². The summed E-state index contributed by atoms with van der Waals surface area (Å²) in [5.41, 5.74) is 4.93. The Bertz CT molecular complexity index is 1560. The Morgan fingerprint density at radius 1 is 1.18 bits per heavy atom. The quantitative estimate of drug-likeness (QED) is 0.280. The molecule has 1 aromatic carbocycles. The zero-order valence-electron chi connectivity index (χ0n) is 19.5. The van der Waals surface area contributed by atoms with E-state index in [1.165, 1.54) is 18.5 Å². The lowest BCUT2D eigenvalue weighted by Crippen LogP contribution is -2.31. The maximum Gasteiger partial charge on any atom is 0.401 e. The van der Waals surface area contributed by atoms with Gasteiger partial charge in [0.15, 0.2) is 17.2 Å². The normalized spacial score (nSPS) is 20.2. The van der Waals surface area contributed by atoms with Gasteiger partial charge in [0.05, 0.1) is 23.2 Å². The summed E-state index contributed by atoms with van der Waals surface area (Å²) < 4.78 is 61.3. The lowest BCUT2D eigenvalue weighted by Gasteiger charge is -2.31. The van der Waals surface area contributed by atoms with E-state index in [9.17, 15) is 27.5 Å². The van der Waals surface area contributed by atoms with E-state index in [0.717, 1.165) is 12.1 Å². The van der Waals surface area contributed by atoms with Gasteiger partial charge in [-0.05, 0) is 37.8 Å². The predicted molar refractivity (Wildman–Crippen MR) is 126 cm³/mol. The minimum Gasteiger partial charge on any atom is -0.393 e. The molecule has 0 aliphatic heterocycles. The molecule has 0 unspecified atom stereocenters. The van der Waals surface area contributed by atoms with E-state index in [2.05, 4.69) is 30.9 Å². The van der Waals surface area contributed by atoms with Crippen LogP contribution in [-0.2, 0) is 5.41 Å². The van der Waals surface area contributed by atoms with E-state index in [0.29, 0.717) is 35.1 Å². The number of alkyl halides is 3. The molecular formula is C23H20F4N8O3. The molecule has 4 aromatic rings. The van der Waals surface area contributed by atoms with Crippen molar-refractivity contribution in [2.24, 2.45) is 0 Å². The monoisotopic (exact) mass is 532 g/mol. The van der Waals surface area contributed by atoms with Gasteiger partial charge in [-0.1, -0.05) is 11.2 Å². The molecular weight excluding hydrogens is 512 g/mol. The summed E-state index contributed by atoms with van der Waals surface area (Å²) in [5, 5.41) is 22.7. The Morgan fingerprint density at radius 2 is 1.95 bits per heavy atom. The molecule has 5 N–H and O–H groups in total. The van der Waals surface area contributed by atoms with Crippen LogP contribution < -0.4 is 16.4 Å². The van der Waals surface area contributed by atoms with Crippen molar-refractivity contribution >= 4 is 34.4 Å². The van der Waals surface area contributed by atoms with Crippen LogP contribution in [0.3, 0.4) is 0 Å². The van der Waals surface area contributed by atoms with Crippen molar-refractivity contribution in [2.75, 3.05) is 16.4 Å². The van der Waals surface area contributed by atoms with Crippen LogP contribution in [0.1, 0.15) is 37.5 Å². The van der Waals surface area contributed by atoms with Crippen LogP contribution in [0.25, 0.3) is 22.3 Å². The zero-order valence-corrected chi connectivity index (χ0v) is 19.5. The van der Waals surface area contributed by atoms with Crippen molar-refractivity contribution in [3.63, 3.8) is 0 Å². The topological polar surface area (TPSA) is 157 Å². The standard InChI is InChI=1S/C23H20F4N8O3/c24-13-5-10(18-17-19(28)29-9-30-20(17)35(33-18)11-6-12(36)7-11)1-2-14(13)31-21(37)32-16-8-15(38-34-16)22(3-4-22)23(25,26)27/h1-2,5,8-9,11-12,36H,3-4,6-7H2,(H2,28,29,30)(H2,31,32,34,37). The molecule has 0 atom stereocenters. The number of halogens is 4. The smallest absolute Gasteiger partial charge is 0.393 e. The fraction of sp³-hybridized carbons (Fsp3) is 0.348. The van der Waals surface area contributed by atoms with E-state index < -0.39 is 29.5 Å². The second-order valence-corrected chi connectivity index (χ2v) is 9.46. The third-order valence-corrected chi connectivity index (χ3v) is 6.96. The minimum absolute atomic E-state index is 0.0898. The minimum atomic E-state index is -4.49. The average Bonchev–Trinajstić information content (AvgIpc) is 3.39. The van der Waals surface area contributed by atoms with Gasteiger partial charge in [0.2, 0.25) is 0 Å².